The van der Waals surface area contributed by atoms with Crippen molar-refractivity contribution < 1.29 is 4.79 Å². The number of amides is 1. The average molecular weight is 271 g/mol. The summed E-state index contributed by atoms with van der Waals surface area (Å²) in [5.74, 6) is -0.0257. The zero-order valence-electron chi connectivity index (χ0n) is 11.5. The van der Waals surface area contributed by atoms with E-state index in [0.717, 1.165) is 5.69 Å². The second kappa shape index (κ2) is 6.14. The highest BCUT2D eigenvalue weighted by Crippen LogP contribution is 2.19. The van der Waals surface area contributed by atoms with Gasteiger partial charge < -0.3 is 10.3 Å². The first kappa shape index (κ1) is 14.0. The summed E-state index contributed by atoms with van der Waals surface area (Å²) in [6.45, 7) is 4.04. The first-order chi connectivity index (χ1) is 9.58. The van der Waals surface area contributed by atoms with E-state index in [-0.39, 0.29) is 23.4 Å². The van der Waals surface area contributed by atoms with Gasteiger partial charge in [-0.3, -0.25) is 14.6 Å². The number of nitrogens with one attached hydrogen (secondary N) is 2. The van der Waals surface area contributed by atoms with Gasteiger partial charge in [0.1, 0.15) is 0 Å². The van der Waals surface area contributed by atoms with Crippen LogP contribution >= 0.6 is 0 Å². The number of aromatic amines is 1. The predicted molar refractivity (Wildman–Crippen MR) is 76.3 cm³/mol. The summed E-state index contributed by atoms with van der Waals surface area (Å²) in [6, 6.07) is 8.28. The highest BCUT2D eigenvalue weighted by atomic mass is 16.2. The molecule has 0 saturated heterocycles. The number of carbonyl (C=O) groups is 1. The third kappa shape index (κ3) is 3.32. The van der Waals surface area contributed by atoms with E-state index in [9.17, 15) is 9.59 Å². The summed E-state index contributed by atoms with van der Waals surface area (Å²) < 4.78 is 0. The van der Waals surface area contributed by atoms with Crippen LogP contribution in [0.2, 0.25) is 0 Å². The highest BCUT2D eigenvalue weighted by Gasteiger charge is 2.20. The molecular formula is C15H17N3O2. The summed E-state index contributed by atoms with van der Waals surface area (Å²) >= 11 is 0. The Morgan fingerprint density at radius 3 is 2.60 bits per heavy atom. The average Bonchev–Trinajstić information content (AvgIpc) is 2.46. The number of hydrogen-bond acceptors (Lipinski definition) is 3. The molecule has 0 aliphatic rings. The Kier molecular flexibility index (Phi) is 4.30. The van der Waals surface area contributed by atoms with Gasteiger partial charge in [0.25, 0.3) is 5.91 Å². The van der Waals surface area contributed by atoms with Gasteiger partial charge in [-0.2, -0.15) is 0 Å². The lowest BCUT2D eigenvalue weighted by atomic mass is 10.00. The summed E-state index contributed by atoms with van der Waals surface area (Å²) in [5.41, 5.74) is 1.01. The van der Waals surface area contributed by atoms with Crippen LogP contribution in [0.1, 0.15) is 35.9 Å². The topological polar surface area (TPSA) is 74.8 Å². The van der Waals surface area contributed by atoms with Gasteiger partial charge in [-0.1, -0.05) is 19.9 Å². The first-order valence-electron chi connectivity index (χ1n) is 6.48. The number of carbonyl (C=O) groups excluding carboxylic acids is 1. The minimum Gasteiger partial charge on any atom is -0.343 e. The van der Waals surface area contributed by atoms with Crippen LogP contribution in [0.25, 0.3) is 0 Å². The number of rotatable bonds is 4. The van der Waals surface area contributed by atoms with E-state index in [1.807, 2.05) is 32.0 Å². The summed E-state index contributed by atoms with van der Waals surface area (Å²) in [6.07, 6.45) is 3.12. The van der Waals surface area contributed by atoms with Gasteiger partial charge in [-0.05, 0) is 24.1 Å². The molecule has 0 aliphatic carbocycles. The van der Waals surface area contributed by atoms with Crippen LogP contribution in [0.15, 0.2) is 47.5 Å². The number of nitrogens with zero attached hydrogens (tertiary/aromatic N) is 1. The molecule has 5 nitrogen and oxygen atoms in total. The van der Waals surface area contributed by atoms with E-state index in [4.69, 9.17) is 0 Å². The lowest BCUT2D eigenvalue weighted by Gasteiger charge is -2.21. The van der Waals surface area contributed by atoms with Crippen LogP contribution in [-0.4, -0.2) is 15.9 Å². The molecule has 1 amide bonds. The lowest BCUT2D eigenvalue weighted by molar-refractivity contribution is 0.0924. The fraction of sp³-hybridized carbons (Fsp3) is 0.267. The van der Waals surface area contributed by atoms with Gasteiger partial charge in [0.2, 0.25) is 5.56 Å². The summed E-state index contributed by atoms with van der Waals surface area (Å²) in [5, 5.41) is 2.95. The van der Waals surface area contributed by atoms with Crippen molar-refractivity contribution in [2.45, 2.75) is 19.9 Å². The second-order valence-corrected chi connectivity index (χ2v) is 4.89. The van der Waals surface area contributed by atoms with Crippen molar-refractivity contribution in [3.63, 3.8) is 0 Å². The maximum absolute atomic E-state index is 12.2. The molecule has 1 unspecified atom stereocenters. The molecule has 2 heterocycles. The largest absolute Gasteiger partial charge is 0.343 e. The molecule has 0 saturated carbocycles. The van der Waals surface area contributed by atoms with Gasteiger partial charge in [0, 0.05) is 18.5 Å². The summed E-state index contributed by atoms with van der Waals surface area (Å²) in [7, 11) is 0. The first-order valence-corrected chi connectivity index (χ1v) is 6.48. The van der Waals surface area contributed by atoms with Gasteiger partial charge in [-0.15, -0.1) is 0 Å². The van der Waals surface area contributed by atoms with Gasteiger partial charge in [-0.25, -0.2) is 0 Å². The molecular weight excluding hydrogens is 254 g/mol. The molecule has 1 atom stereocenters. The Labute approximate surface area is 117 Å². The summed E-state index contributed by atoms with van der Waals surface area (Å²) in [4.78, 5) is 30.0. The Hall–Kier alpha value is -2.43. The normalized spacial score (nSPS) is 12.2. The molecule has 2 aromatic rings. The van der Waals surface area contributed by atoms with Crippen molar-refractivity contribution in [3.05, 3.63) is 64.3 Å². The zero-order valence-corrected chi connectivity index (χ0v) is 11.5. The molecule has 104 valence electrons. The zero-order chi connectivity index (χ0) is 14.5. The molecule has 0 spiro atoms. The molecule has 20 heavy (non-hydrogen) atoms. The van der Waals surface area contributed by atoms with Crippen molar-refractivity contribution in [2.75, 3.05) is 0 Å². The number of aromatic nitrogens is 2. The maximum Gasteiger partial charge on any atom is 0.253 e. The second-order valence-electron chi connectivity index (χ2n) is 4.89. The van der Waals surface area contributed by atoms with Gasteiger partial charge in [0.05, 0.1) is 17.3 Å². The van der Waals surface area contributed by atoms with E-state index in [2.05, 4.69) is 15.3 Å². The van der Waals surface area contributed by atoms with Crippen LogP contribution in [0.4, 0.5) is 0 Å². The van der Waals surface area contributed by atoms with Crippen molar-refractivity contribution in [1.82, 2.24) is 15.3 Å². The Balaban J connectivity index is 2.19. The van der Waals surface area contributed by atoms with E-state index >= 15 is 0 Å². The van der Waals surface area contributed by atoms with Gasteiger partial charge >= 0.3 is 0 Å². The van der Waals surface area contributed by atoms with Crippen LogP contribution < -0.4 is 10.9 Å². The smallest absolute Gasteiger partial charge is 0.253 e. The van der Waals surface area contributed by atoms with Crippen molar-refractivity contribution in [3.8, 4) is 0 Å². The predicted octanol–water partition coefficient (Wildman–Crippen LogP) is 1.90. The quantitative estimate of drug-likeness (QED) is 0.891. The van der Waals surface area contributed by atoms with Crippen LogP contribution in [0.3, 0.4) is 0 Å². The minimum atomic E-state index is -0.231. The lowest BCUT2D eigenvalue weighted by Crippen LogP contribution is -2.32. The SMILES string of the molecule is CC(C)C(NC(=O)c1ccc(=O)[nH]c1)c1ccccn1. The third-order valence-electron chi connectivity index (χ3n) is 3.01. The Morgan fingerprint density at radius 2 is 2.05 bits per heavy atom. The molecule has 0 aromatic carbocycles. The van der Waals surface area contributed by atoms with Crippen molar-refractivity contribution >= 4 is 5.91 Å². The maximum atomic E-state index is 12.2. The van der Waals surface area contributed by atoms with Crippen LogP contribution in [0.5, 0.6) is 0 Å². The molecule has 0 aliphatic heterocycles. The minimum absolute atomic E-state index is 0.171. The van der Waals surface area contributed by atoms with Crippen molar-refractivity contribution in [2.24, 2.45) is 5.92 Å². The molecule has 0 fully saturated rings. The molecule has 5 heteroatoms. The van der Waals surface area contributed by atoms with E-state index in [1.54, 1.807) is 6.20 Å². The molecule has 0 bridgehead atoms. The van der Waals surface area contributed by atoms with E-state index in [0.29, 0.717) is 5.56 Å². The fourth-order valence-electron chi connectivity index (χ4n) is 1.92. The van der Waals surface area contributed by atoms with Crippen molar-refractivity contribution in [1.29, 1.82) is 0 Å². The van der Waals surface area contributed by atoms with E-state index < -0.39 is 0 Å². The highest BCUT2D eigenvalue weighted by molar-refractivity contribution is 5.94. The Bertz CT molecular complexity index is 615. The van der Waals surface area contributed by atoms with Crippen LogP contribution in [0, 0.1) is 5.92 Å². The Morgan fingerprint density at radius 1 is 1.25 bits per heavy atom. The third-order valence-corrected chi connectivity index (χ3v) is 3.01. The molecule has 2 N–H and O–H groups in total. The molecule has 2 rings (SSSR count). The fourth-order valence-corrected chi connectivity index (χ4v) is 1.92. The molecule has 0 radical (unpaired) electrons. The standard InChI is InChI=1S/C15H17N3O2/c1-10(2)14(12-5-3-4-8-16-12)18-15(20)11-6-7-13(19)17-9-11/h3-10,14H,1-2H3,(H,17,19)(H,18,20). The number of hydrogen-bond donors (Lipinski definition) is 2. The van der Waals surface area contributed by atoms with Gasteiger partial charge in [0.15, 0.2) is 0 Å². The number of H-pyrrole nitrogens is 1. The monoisotopic (exact) mass is 271 g/mol. The number of pyridine rings is 2. The molecule has 2 aromatic heterocycles. The van der Waals surface area contributed by atoms with E-state index in [1.165, 1.54) is 18.3 Å². The van der Waals surface area contributed by atoms with Crippen LogP contribution in [-0.2, 0) is 0 Å².